The van der Waals surface area contributed by atoms with Crippen molar-refractivity contribution < 1.29 is 0 Å². The molecule has 1 heteroatoms. The molecule has 0 N–H and O–H groups in total. The molecule has 0 atom stereocenters. The maximum Gasteiger partial charge on any atom is 0.0256 e. The Hall–Kier alpha value is -0.820. The highest BCUT2D eigenvalue weighted by Crippen LogP contribution is 2.34. The molecule has 102 valence electrons. The second-order valence-electron chi connectivity index (χ2n) is 7.39. The molecule has 0 saturated carbocycles. The predicted molar refractivity (Wildman–Crippen MR) is 89.0 cm³/mol. The quantitative estimate of drug-likeness (QED) is 0.542. The summed E-state index contributed by atoms with van der Waals surface area (Å²) in [4.78, 5) is 0. The van der Waals surface area contributed by atoms with Gasteiger partial charge < -0.3 is 0 Å². The first kappa shape index (κ1) is 14.6. The van der Waals surface area contributed by atoms with Crippen molar-refractivity contribution in [3.8, 4) is 0 Å². The van der Waals surface area contributed by atoms with Crippen LogP contribution in [-0.2, 0) is 10.8 Å². The summed E-state index contributed by atoms with van der Waals surface area (Å²) in [6.45, 7) is 13.5. The number of hydrogen-bond donors (Lipinski definition) is 0. The van der Waals surface area contributed by atoms with Crippen LogP contribution in [0.4, 0.5) is 0 Å². The van der Waals surface area contributed by atoms with Crippen LogP contribution in [-0.4, -0.2) is 0 Å². The first-order chi connectivity index (χ1) is 8.59. The van der Waals surface area contributed by atoms with Crippen molar-refractivity contribution in [2.24, 2.45) is 0 Å². The van der Waals surface area contributed by atoms with E-state index in [2.05, 4.69) is 87.8 Å². The highest BCUT2D eigenvalue weighted by molar-refractivity contribution is 9.10. The van der Waals surface area contributed by atoms with Gasteiger partial charge in [-0.3, -0.25) is 0 Å². The molecule has 0 nitrogen and oxygen atoms in total. The zero-order chi connectivity index (χ0) is 14.4. The van der Waals surface area contributed by atoms with Crippen LogP contribution in [0, 0.1) is 0 Å². The summed E-state index contributed by atoms with van der Waals surface area (Å²) in [5.41, 5.74) is 3.12. The Kier molecular flexibility index (Phi) is 3.55. The van der Waals surface area contributed by atoms with Crippen LogP contribution in [0.15, 0.2) is 34.8 Å². The van der Waals surface area contributed by atoms with Crippen molar-refractivity contribution in [2.75, 3.05) is 0 Å². The number of hydrogen-bond acceptors (Lipinski definition) is 0. The molecule has 0 aliphatic heterocycles. The van der Waals surface area contributed by atoms with Crippen molar-refractivity contribution in [1.82, 2.24) is 0 Å². The van der Waals surface area contributed by atoms with Gasteiger partial charge in [-0.05, 0) is 44.9 Å². The Morgan fingerprint density at radius 3 is 1.84 bits per heavy atom. The van der Waals surface area contributed by atoms with E-state index in [0.29, 0.717) is 0 Å². The minimum atomic E-state index is 0.180. The third kappa shape index (κ3) is 3.02. The molecule has 0 aromatic heterocycles. The fourth-order valence-corrected chi connectivity index (χ4v) is 2.80. The molecule has 0 fully saturated rings. The highest BCUT2D eigenvalue weighted by Gasteiger charge is 2.18. The molecule has 19 heavy (non-hydrogen) atoms. The lowest BCUT2D eigenvalue weighted by Crippen LogP contribution is -2.12. The van der Waals surface area contributed by atoms with E-state index >= 15 is 0 Å². The Morgan fingerprint density at radius 1 is 0.737 bits per heavy atom. The fourth-order valence-electron chi connectivity index (χ4n) is 2.21. The highest BCUT2D eigenvalue weighted by atomic mass is 79.9. The number of fused-ring (bicyclic) bond motifs is 1. The molecule has 0 saturated heterocycles. The van der Waals surface area contributed by atoms with Crippen molar-refractivity contribution in [1.29, 1.82) is 0 Å². The van der Waals surface area contributed by atoms with Crippen LogP contribution in [0.25, 0.3) is 10.8 Å². The minimum Gasteiger partial charge on any atom is -0.0579 e. The normalized spacial score (nSPS) is 13.0. The molecule has 2 aromatic rings. The van der Waals surface area contributed by atoms with E-state index in [1.807, 2.05) is 0 Å². The van der Waals surface area contributed by atoms with E-state index in [-0.39, 0.29) is 10.8 Å². The van der Waals surface area contributed by atoms with Gasteiger partial charge in [0.05, 0.1) is 0 Å². The van der Waals surface area contributed by atoms with Gasteiger partial charge in [0, 0.05) is 4.47 Å². The van der Waals surface area contributed by atoms with Gasteiger partial charge in [0.15, 0.2) is 0 Å². The summed E-state index contributed by atoms with van der Waals surface area (Å²) < 4.78 is 1.20. The average Bonchev–Trinajstić information content (AvgIpc) is 2.26. The van der Waals surface area contributed by atoms with Crippen LogP contribution in [0.3, 0.4) is 0 Å². The maximum absolute atomic E-state index is 3.74. The smallest absolute Gasteiger partial charge is 0.0256 e. The van der Waals surface area contributed by atoms with Crippen LogP contribution in [0.1, 0.15) is 52.7 Å². The zero-order valence-electron chi connectivity index (χ0n) is 12.8. The van der Waals surface area contributed by atoms with Gasteiger partial charge in [-0.25, -0.2) is 0 Å². The monoisotopic (exact) mass is 318 g/mol. The van der Waals surface area contributed by atoms with E-state index in [9.17, 15) is 0 Å². The van der Waals surface area contributed by atoms with Crippen molar-refractivity contribution >= 4 is 26.7 Å². The summed E-state index contributed by atoms with van der Waals surface area (Å²) in [6.07, 6.45) is 0. The predicted octanol–water partition coefficient (Wildman–Crippen LogP) is 6.20. The van der Waals surface area contributed by atoms with Gasteiger partial charge in [0.2, 0.25) is 0 Å². The second kappa shape index (κ2) is 4.63. The summed E-state index contributed by atoms with van der Waals surface area (Å²) in [6, 6.07) is 11.4. The van der Waals surface area contributed by atoms with Crippen molar-refractivity contribution in [2.45, 2.75) is 52.4 Å². The first-order valence-corrected chi connectivity index (χ1v) is 7.62. The largest absolute Gasteiger partial charge is 0.0579 e. The molecule has 0 heterocycles. The van der Waals surface area contributed by atoms with Gasteiger partial charge >= 0.3 is 0 Å². The van der Waals surface area contributed by atoms with E-state index in [4.69, 9.17) is 0 Å². The van der Waals surface area contributed by atoms with Crippen LogP contribution < -0.4 is 0 Å². The molecule has 0 aliphatic rings. The second-order valence-corrected chi connectivity index (χ2v) is 8.25. The minimum absolute atomic E-state index is 0.180. The Bertz CT molecular complexity index is 610. The maximum atomic E-state index is 3.74. The van der Waals surface area contributed by atoms with Gasteiger partial charge in [0.1, 0.15) is 0 Å². The molecule has 0 amide bonds. The Balaban J connectivity index is 2.67. The SMILES string of the molecule is CC(C)(C)c1cc(Br)c2cc(C(C)(C)C)ccc2c1. The first-order valence-electron chi connectivity index (χ1n) is 6.83. The molecule has 0 bridgehead atoms. The lowest BCUT2D eigenvalue weighted by molar-refractivity contribution is 0.589. The van der Waals surface area contributed by atoms with Gasteiger partial charge in [-0.1, -0.05) is 75.7 Å². The van der Waals surface area contributed by atoms with E-state index < -0.39 is 0 Å². The molecular formula is C18H23Br. The van der Waals surface area contributed by atoms with E-state index in [1.54, 1.807) is 0 Å². The van der Waals surface area contributed by atoms with Crippen molar-refractivity contribution in [3.63, 3.8) is 0 Å². The topological polar surface area (TPSA) is 0 Å². The molecule has 0 spiro atoms. The Morgan fingerprint density at radius 2 is 1.32 bits per heavy atom. The Labute approximate surface area is 125 Å². The summed E-state index contributed by atoms with van der Waals surface area (Å²) in [5, 5.41) is 2.62. The van der Waals surface area contributed by atoms with E-state index in [1.165, 1.54) is 26.4 Å². The van der Waals surface area contributed by atoms with Crippen molar-refractivity contribution in [3.05, 3.63) is 45.9 Å². The molecule has 0 aliphatic carbocycles. The van der Waals surface area contributed by atoms with Crippen LogP contribution in [0.5, 0.6) is 0 Å². The summed E-state index contributed by atoms with van der Waals surface area (Å²) in [7, 11) is 0. The average molecular weight is 319 g/mol. The molecule has 2 rings (SSSR count). The number of rotatable bonds is 0. The standard InChI is InChI=1S/C18H23Br/c1-17(2,3)13-8-7-12-9-14(18(4,5)6)11-16(19)15(12)10-13/h7-11H,1-6H3. The fraction of sp³-hybridized carbons (Fsp3) is 0.444. The van der Waals surface area contributed by atoms with Crippen LogP contribution >= 0.6 is 15.9 Å². The van der Waals surface area contributed by atoms with Gasteiger partial charge in [-0.15, -0.1) is 0 Å². The number of halogens is 1. The lowest BCUT2D eigenvalue weighted by atomic mass is 9.83. The third-order valence-electron chi connectivity index (χ3n) is 3.64. The number of benzene rings is 2. The zero-order valence-corrected chi connectivity index (χ0v) is 14.4. The van der Waals surface area contributed by atoms with Gasteiger partial charge in [-0.2, -0.15) is 0 Å². The van der Waals surface area contributed by atoms with E-state index in [0.717, 1.165) is 0 Å². The molecular weight excluding hydrogens is 296 g/mol. The summed E-state index contributed by atoms with van der Waals surface area (Å²) >= 11 is 3.74. The lowest BCUT2D eigenvalue weighted by Gasteiger charge is -2.22. The molecule has 0 radical (unpaired) electrons. The molecule has 0 unspecified atom stereocenters. The third-order valence-corrected chi connectivity index (χ3v) is 4.29. The van der Waals surface area contributed by atoms with Crippen LogP contribution in [0.2, 0.25) is 0 Å². The summed E-state index contributed by atoms with van der Waals surface area (Å²) in [5.74, 6) is 0. The molecule has 2 aromatic carbocycles. The van der Waals surface area contributed by atoms with Gasteiger partial charge in [0.25, 0.3) is 0 Å².